The molecule has 0 unspecified atom stereocenters. The molecular weight excluding hydrogens is 284 g/mol. The van der Waals surface area contributed by atoms with Gasteiger partial charge in [-0.1, -0.05) is 18.2 Å². The van der Waals surface area contributed by atoms with Crippen molar-refractivity contribution < 1.29 is 19.5 Å². The number of piperazine rings is 1. The molecule has 1 aromatic carbocycles. The van der Waals surface area contributed by atoms with Gasteiger partial charge in [-0.05, 0) is 19.1 Å². The van der Waals surface area contributed by atoms with Crippen molar-refractivity contribution >= 4 is 17.8 Å². The van der Waals surface area contributed by atoms with E-state index < -0.39 is 12.0 Å². The summed E-state index contributed by atoms with van der Waals surface area (Å²) in [6.45, 7) is 4.02. The average molecular weight is 304 g/mol. The number of carboxylic acids is 1. The first kappa shape index (κ1) is 16.0. The van der Waals surface area contributed by atoms with Gasteiger partial charge < -0.3 is 14.9 Å². The Kier molecular flexibility index (Phi) is 4.80. The number of carboxylic acid groups (broad SMARTS) is 1. The van der Waals surface area contributed by atoms with Crippen molar-refractivity contribution in [3.63, 3.8) is 0 Å². The highest BCUT2D eigenvalue weighted by Crippen LogP contribution is 2.22. The van der Waals surface area contributed by atoms with Crippen LogP contribution in [0, 0.1) is 0 Å². The molecule has 1 fully saturated rings. The zero-order chi connectivity index (χ0) is 16.3. The Morgan fingerprint density at radius 2 is 1.73 bits per heavy atom. The monoisotopic (exact) mass is 304 g/mol. The summed E-state index contributed by atoms with van der Waals surface area (Å²) in [5.41, 5.74) is 0.529. The molecule has 118 valence electrons. The lowest BCUT2D eigenvalue weighted by molar-refractivity contribution is -0.142. The Bertz CT molecular complexity index is 573. The molecule has 1 N–H and O–H groups in total. The van der Waals surface area contributed by atoms with E-state index in [-0.39, 0.29) is 24.3 Å². The Morgan fingerprint density at radius 1 is 1.14 bits per heavy atom. The summed E-state index contributed by atoms with van der Waals surface area (Å²) in [7, 11) is 0. The van der Waals surface area contributed by atoms with E-state index in [1.165, 1.54) is 6.92 Å². The molecule has 2 atom stereocenters. The highest BCUT2D eigenvalue weighted by atomic mass is 16.4. The first-order chi connectivity index (χ1) is 10.4. The molecule has 1 aromatic rings. The van der Waals surface area contributed by atoms with Crippen LogP contribution >= 0.6 is 0 Å². The van der Waals surface area contributed by atoms with Gasteiger partial charge in [0.15, 0.2) is 0 Å². The minimum Gasteiger partial charge on any atom is -0.481 e. The molecular formula is C16H20N2O4. The summed E-state index contributed by atoms with van der Waals surface area (Å²) in [5, 5.41) is 9.14. The fourth-order valence-electron chi connectivity index (χ4n) is 2.96. The van der Waals surface area contributed by atoms with E-state index in [1.807, 2.05) is 6.07 Å². The van der Waals surface area contributed by atoms with Crippen LogP contribution in [-0.4, -0.2) is 57.9 Å². The smallest absolute Gasteiger partial charge is 0.305 e. The van der Waals surface area contributed by atoms with Crippen LogP contribution in [0.3, 0.4) is 0 Å². The molecule has 0 spiro atoms. The zero-order valence-corrected chi connectivity index (χ0v) is 12.7. The van der Waals surface area contributed by atoms with E-state index in [2.05, 4.69) is 0 Å². The topological polar surface area (TPSA) is 77.9 Å². The Labute approximate surface area is 129 Å². The van der Waals surface area contributed by atoms with Gasteiger partial charge in [-0.2, -0.15) is 0 Å². The SMILES string of the molecule is CC(=O)N1CCN(C(=O)c2ccccc2)[C@@H](CC(=O)O)[C@H]1C. The van der Waals surface area contributed by atoms with Gasteiger partial charge in [0.05, 0.1) is 12.5 Å². The van der Waals surface area contributed by atoms with Crippen molar-refractivity contribution in [2.45, 2.75) is 32.4 Å². The molecule has 2 rings (SSSR count). The molecule has 2 amide bonds. The van der Waals surface area contributed by atoms with E-state index in [4.69, 9.17) is 5.11 Å². The first-order valence-electron chi connectivity index (χ1n) is 7.27. The van der Waals surface area contributed by atoms with Crippen LogP contribution in [0.5, 0.6) is 0 Å². The van der Waals surface area contributed by atoms with E-state index in [1.54, 1.807) is 41.0 Å². The van der Waals surface area contributed by atoms with Crippen LogP contribution in [-0.2, 0) is 9.59 Å². The van der Waals surface area contributed by atoms with Gasteiger partial charge in [-0.25, -0.2) is 0 Å². The van der Waals surface area contributed by atoms with Crippen LogP contribution in [0.4, 0.5) is 0 Å². The van der Waals surface area contributed by atoms with Gasteiger partial charge in [0.1, 0.15) is 0 Å². The van der Waals surface area contributed by atoms with Crippen molar-refractivity contribution in [3.8, 4) is 0 Å². The molecule has 1 aliphatic rings. The minimum atomic E-state index is -0.979. The summed E-state index contributed by atoms with van der Waals surface area (Å²) >= 11 is 0. The van der Waals surface area contributed by atoms with Crippen molar-refractivity contribution in [2.75, 3.05) is 13.1 Å². The van der Waals surface area contributed by atoms with Crippen molar-refractivity contribution in [3.05, 3.63) is 35.9 Å². The Balaban J connectivity index is 2.27. The third-order valence-corrected chi connectivity index (χ3v) is 4.10. The average Bonchev–Trinajstić information content (AvgIpc) is 2.48. The second-order valence-electron chi connectivity index (χ2n) is 5.48. The highest BCUT2D eigenvalue weighted by molar-refractivity contribution is 5.95. The summed E-state index contributed by atoms with van der Waals surface area (Å²) < 4.78 is 0. The summed E-state index contributed by atoms with van der Waals surface area (Å²) in [6, 6.07) is 7.94. The highest BCUT2D eigenvalue weighted by Gasteiger charge is 2.38. The summed E-state index contributed by atoms with van der Waals surface area (Å²) in [4.78, 5) is 38.7. The number of rotatable bonds is 3. The Morgan fingerprint density at radius 3 is 2.27 bits per heavy atom. The lowest BCUT2D eigenvalue weighted by Gasteiger charge is -2.45. The largest absolute Gasteiger partial charge is 0.481 e. The number of benzene rings is 1. The Hall–Kier alpha value is -2.37. The molecule has 0 radical (unpaired) electrons. The second kappa shape index (κ2) is 6.60. The number of carbonyl (C=O) groups excluding carboxylic acids is 2. The number of aliphatic carboxylic acids is 1. The fraction of sp³-hybridized carbons (Fsp3) is 0.438. The normalized spacial score (nSPS) is 21.5. The summed E-state index contributed by atoms with van der Waals surface area (Å²) in [5.74, 6) is -1.27. The van der Waals surface area contributed by atoms with Crippen LogP contribution in [0.25, 0.3) is 0 Å². The third-order valence-electron chi connectivity index (χ3n) is 4.10. The molecule has 6 heteroatoms. The van der Waals surface area contributed by atoms with Gasteiger partial charge in [-0.15, -0.1) is 0 Å². The third kappa shape index (κ3) is 3.27. The quantitative estimate of drug-likeness (QED) is 0.911. The van der Waals surface area contributed by atoms with E-state index >= 15 is 0 Å². The lowest BCUT2D eigenvalue weighted by atomic mass is 9.98. The summed E-state index contributed by atoms with van der Waals surface area (Å²) in [6.07, 6.45) is -0.177. The predicted molar refractivity (Wildman–Crippen MR) is 80.4 cm³/mol. The lowest BCUT2D eigenvalue weighted by Crippen LogP contribution is -2.61. The standard InChI is InChI=1S/C16H20N2O4/c1-11-14(10-15(20)21)18(9-8-17(11)12(2)19)16(22)13-6-4-3-5-7-13/h3-7,11,14H,8-10H2,1-2H3,(H,20,21)/t11-,14+/m1/s1. The van der Waals surface area contributed by atoms with Crippen LogP contribution < -0.4 is 0 Å². The number of hydrogen-bond donors (Lipinski definition) is 1. The van der Waals surface area contributed by atoms with Gasteiger partial charge in [0, 0.05) is 31.6 Å². The number of hydrogen-bond acceptors (Lipinski definition) is 3. The molecule has 22 heavy (non-hydrogen) atoms. The van der Waals surface area contributed by atoms with Gasteiger partial charge in [0.2, 0.25) is 5.91 Å². The van der Waals surface area contributed by atoms with Crippen LogP contribution in [0.1, 0.15) is 30.6 Å². The second-order valence-corrected chi connectivity index (χ2v) is 5.48. The van der Waals surface area contributed by atoms with Crippen molar-refractivity contribution in [1.29, 1.82) is 0 Å². The van der Waals surface area contributed by atoms with Crippen molar-refractivity contribution in [1.82, 2.24) is 9.80 Å². The fourth-order valence-corrected chi connectivity index (χ4v) is 2.96. The van der Waals surface area contributed by atoms with Crippen molar-refractivity contribution in [2.24, 2.45) is 0 Å². The molecule has 0 bridgehead atoms. The maximum Gasteiger partial charge on any atom is 0.305 e. The molecule has 0 aromatic heterocycles. The molecule has 0 saturated carbocycles. The van der Waals surface area contributed by atoms with Crippen LogP contribution in [0.15, 0.2) is 30.3 Å². The molecule has 1 aliphatic heterocycles. The predicted octanol–water partition coefficient (Wildman–Crippen LogP) is 1.22. The van der Waals surface area contributed by atoms with Crippen LogP contribution in [0.2, 0.25) is 0 Å². The van der Waals surface area contributed by atoms with Gasteiger partial charge in [-0.3, -0.25) is 14.4 Å². The molecule has 1 heterocycles. The van der Waals surface area contributed by atoms with Gasteiger partial charge >= 0.3 is 5.97 Å². The van der Waals surface area contributed by atoms with E-state index in [9.17, 15) is 14.4 Å². The van der Waals surface area contributed by atoms with E-state index in [0.717, 1.165) is 0 Å². The molecule has 1 saturated heterocycles. The minimum absolute atomic E-state index is 0.102. The number of carbonyl (C=O) groups is 3. The molecule has 6 nitrogen and oxygen atoms in total. The van der Waals surface area contributed by atoms with E-state index in [0.29, 0.717) is 18.7 Å². The first-order valence-corrected chi connectivity index (χ1v) is 7.27. The molecule has 0 aliphatic carbocycles. The zero-order valence-electron chi connectivity index (χ0n) is 12.7. The van der Waals surface area contributed by atoms with Gasteiger partial charge in [0.25, 0.3) is 5.91 Å². The number of amides is 2. The number of nitrogens with zero attached hydrogens (tertiary/aromatic N) is 2. The maximum absolute atomic E-state index is 12.6. The maximum atomic E-state index is 12.6.